The third-order valence-electron chi connectivity index (χ3n) is 3.81. The Hall–Kier alpha value is -3.27. The van der Waals surface area contributed by atoms with Gasteiger partial charge in [0.1, 0.15) is 6.61 Å². The normalized spacial score (nSPS) is 14.3. The minimum Gasteiger partial charge on any atom is -0.462 e. The van der Waals surface area contributed by atoms with Crippen molar-refractivity contribution in [3.05, 3.63) is 35.9 Å². The molecular formula is C21H26O10. The number of esters is 4. The molecular weight excluding hydrogens is 412 g/mol. The summed E-state index contributed by atoms with van der Waals surface area (Å²) in [4.78, 5) is 58.1. The topological polar surface area (TPSA) is 132 Å². The minimum atomic E-state index is -1.49. The summed E-state index contributed by atoms with van der Waals surface area (Å²) in [6, 6.07) is 8.87. The van der Waals surface area contributed by atoms with Gasteiger partial charge >= 0.3 is 23.9 Å². The number of hydrogen-bond acceptors (Lipinski definition) is 10. The molecule has 0 aliphatic heterocycles. The molecule has 1 aromatic carbocycles. The van der Waals surface area contributed by atoms with Crippen molar-refractivity contribution in [2.75, 3.05) is 6.61 Å². The summed E-state index contributed by atoms with van der Waals surface area (Å²) >= 11 is 0. The van der Waals surface area contributed by atoms with E-state index in [4.69, 9.17) is 23.7 Å². The van der Waals surface area contributed by atoms with E-state index in [9.17, 15) is 24.0 Å². The molecule has 1 aromatic rings. The van der Waals surface area contributed by atoms with Crippen molar-refractivity contribution in [3.8, 4) is 0 Å². The first-order valence-electron chi connectivity index (χ1n) is 9.39. The molecule has 0 saturated carbocycles. The molecule has 0 saturated heterocycles. The summed E-state index contributed by atoms with van der Waals surface area (Å²) in [7, 11) is 0. The van der Waals surface area contributed by atoms with Crippen molar-refractivity contribution in [2.45, 2.75) is 58.7 Å². The molecule has 0 N–H and O–H groups in total. The van der Waals surface area contributed by atoms with Crippen LogP contribution in [0, 0.1) is 0 Å². The highest BCUT2D eigenvalue weighted by atomic mass is 16.6. The second-order valence-electron chi connectivity index (χ2n) is 6.50. The zero-order valence-electron chi connectivity index (χ0n) is 17.8. The summed E-state index contributed by atoms with van der Waals surface area (Å²) < 4.78 is 26.1. The fraction of sp³-hybridized carbons (Fsp3) is 0.476. The van der Waals surface area contributed by atoms with E-state index in [1.165, 1.54) is 0 Å². The van der Waals surface area contributed by atoms with E-state index in [0.29, 0.717) is 6.29 Å². The van der Waals surface area contributed by atoms with Gasteiger partial charge in [0.2, 0.25) is 0 Å². The summed E-state index contributed by atoms with van der Waals surface area (Å²) in [5.41, 5.74) is 0.733. The van der Waals surface area contributed by atoms with Gasteiger partial charge < -0.3 is 28.5 Å². The summed E-state index contributed by atoms with van der Waals surface area (Å²) in [5, 5.41) is 0. The molecule has 0 amide bonds. The Labute approximate surface area is 179 Å². The standard InChI is InChI=1S/C21H26O10/c1-13(23)27-12-19(29-14(2)24)21(31-16(4)26)20(30-15(3)25)18(10-22)28-11-17-8-6-5-7-9-17/h5-10,18-21H,11-12H2,1-4H3/t18-,19+,20+,21+/m0/s1. The lowest BCUT2D eigenvalue weighted by Crippen LogP contribution is -2.53. The fourth-order valence-electron chi connectivity index (χ4n) is 2.65. The van der Waals surface area contributed by atoms with E-state index in [2.05, 4.69) is 0 Å². The van der Waals surface area contributed by atoms with Crippen molar-refractivity contribution in [2.24, 2.45) is 0 Å². The lowest BCUT2D eigenvalue weighted by molar-refractivity contribution is -0.200. The van der Waals surface area contributed by atoms with E-state index in [1.807, 2.05) is 0 Å². The van der Waals surface area contributed by atoms with Crippen LogP contribution in [0.5, 0.6) is 0 Å². The zero-order valence-corrected chi connectivity index (χ0v) is 17.8. The molecule has 31 heavy (non-hydrogen) atoms. The van der Waals surface area contributed by atoms with Gasteiger partial charge in [0.05, 0.1) is 6.61 Å². The first kappa shape index (κ1) is 25.8. The molecule has 0 heterocycles. The maximum Gasteiger partial charge on any atom is 0.303 e. The second kappa shape index (κ2) is 13.1. The van der Waals surface area contributed by atoms with Gasteiger partial charge in [-0.3, -0.25) is 19.2 Å². The van der Waals surface area contributed by atoms with Gasteiger partial charge in [-0.15, -0.1) is 0 Å². The van der Waals surface area contributed by atoms with Gasteiger partial charge in [-0.25, -0.2) is 0 Å². The van der Waals surface area contributed by atoms with Crippen molar-refractivity contribution in [1.29, 1.82) is 0 Å². The van der Waals surface area contributed by atoms with Crippen molar-refractivity contribution >= 4 is 30.2 Å². The molecule has 10 nitrogen and oxygen atoms in total. The Morgan fingerprint density at radius 3 is 1.84 bits per heavy atom. The number of rotatable bonds is 12. The van der Waals surface area contributed by atoms with Gasteiger partial charge in [-0.1, -0.05) is 30.3 Å². The fourth-order valence-corrected chi connectivity index (χ4v) is 2.65. The third-order valence-corrected chi connectivity index (χ3v) is 3.81. The molecule has 170 valence electrons. The average molecular weight is 438 g/mol. The van der Waals surface area contributed by atoms with E-state index < -0.39 is 54.9 Å². The molecule has 0 spiro atoms. The molecule has 0 aliphatic carbocycles. The summed E-state index contributed by atoms with van der Waals surface area (Å²) in [5.74, 6) is -3.07. The quantitative estimate of drug-likeness (QED) is 0.266. The maximum absolute atomic E-state index is 11.8. The number of aldehydes is 1. The number of hydrogen-bond donors (Lipinski definition) is 0. The van der Waals surface area contributed by atoms with E-state index in [-0.39, 0.29) is 6.61 Å². The average Bonchev–Trinajstić information content (AvgIpc) is 2.69. The summed E-state index contributed by atoms with van der Waals surface area (Å²) in [6.07, 6.45) is -5.34. The van der Waals surface area contributed by atoms with Crippen LogP contribution in [0.4, 0.5) is 0 Å². The highest BCUT2D eigenvalue weighted by Gasteiger charge is 2.43. The zero-order chi connectivity index (χ0) is 23.4. The van der Waals surface area contributed by atoms with Crippen molar-refractivity contribution in [3.63, 3.8) is 0 Å². The van der Waals surface area contributed by atoms with Crippen LogP contribution in [-0.2, 0) is 54.3 Å². The predicted octanol–water partition coefficient (Wildman–Crippen LogP) is 1.13. The molecule has 0 radical (unpaired) electrons. The highest BCUT2D eigenvalue weighted by Crippen LogP contribution is 2.20. The van der Waals surface area contributed by atoms with Crippen molar-refractivity contribution in [1.82, 2.24) is 0 Å². The van der Waals surface area contributed by atoms with E-state index in [0.717, 1.165) is 33.3 Å². The highest BCUT2D eigenvalue weighted by molar-refractivity contribution is 5.69. The molecule has 0 fully saturated rings. The Morgan fingerprint density at radius 1 is 0.806 bits per heavy atom. The molecule has 4 atom stereocenters. The Balaban J connectivity index is 3.24. The SMILES string of the molecule is CC(=O)OC[C@@H](OC(C)=O)[C@@H](OC(C)=O)[C@H](OC(C)=O)[C@H](C=O)OCc1ccccc1. The smallest absolute Gasteiger partial charge is 0.303 e. The van der Waals surface area contributed by atoms with Gasteiger partial charge in [0, 0.05) is 27.7 Å². The summed E-state index contributed by atoms with van der Waals surface area (Å²) in [6.45, 7) is 3.87. The van der Waals surface area contributed by atoms with Gasteiger partial charge in [0.25, 0.3) is 0 Å². The van der Waals surface area contributed by atoms with Crippen molar-refractivity contribution < 1.29 is 47.7 Å². The van der Waals surface area contributed by atoms with Crippen LogP contribution in [0.2, 0.25) is 0 Å². The maximum atomic E-state index is 11.8. The number of carbonyl (C=O) groups excluding carboxylic acids is 5. The monoisotopic (exact) mass is 438 g/mol. The predicted molar refractivity (Wildman–Crippen MR) is 104 cm³/mol. The molecule has 0 unspecified atom stereocenters. The van der Waals surface area contributed by atoms with Crippen LogP contribution in [0.25, 0.3) is 0 Å². The van der Waals surface area contributed by atoms with Crippen LogP contribution in [0.1, 0.15) is 33.3 Å². The number of benzene rings is 1. The molecule has 0 bridgehead atoms. The molecule has 0 aliphatic rings. The Kier molecular flexibility index (Phi) is 10.9. The second-order valence-corrected chi connectivity index (χ2v) is 6.50. The minimum absolute atomic E-state index is 0.0169. The van der Waals surface area contributed by atoms with Crippen LogP contribution in [0.3, 0.4) is 0 Å². The van der Waals surface area contributed by atoms with Crippen LogP contribution in [-0.4, -0.2) is 61.2 Å². The molecule has 0 aromatic heterocycles. The largest absolute Gasteiger partial charge is 0.462 e. The first-order valence-corrected chi connectivity index (χ1v) is 9.39. The number of ether oxygens (including phenoxy) is 5. The lowest BCUT2D eigenvalue weighted by Gasteiger charge is -2.33. The lowest BCUT2D eigenvalue weighted by atomic mass is 10.0. The third kappa shape index (κ3) is 9.85. The number of carbonyl (C=O) groups is 5. The molecule has 1 rings (SSSR count). The van der Waals surface area contributed by atoms with E-state index >= 15 is 0 Å². The van der Waals surface area contributed by atoms with Crippen LogP contribution < -0.4 is 0 Å². The Morgan fingerprint density at radius 2 is 1.35 bits per heavy atom. The van der Waals surface area contributed by atoms with Gasteiger partial charge in [-0.2, -0.15) is 0 Å². The molecule has 10 heteroatoms. The van der Waals surface area contributed by atoms with Gasteiger partial charge in [0.15, 0.2) is 30.7 Å². The van der Waals surface area contributed by atoms with Crippen LogP contribution in [0.15, 0.2) is 30.3 Å². The van der Waals surface area contributed by atoms with Crippen LogP contribution >= 0.6 is 0 Å². The van der Waals surface area contributed by atoms with Gasteiger partial charge in [-0.05, 0) is 5.56 Å². The first-order chi connectivity index (χ1) is 14.6. The van der Waals surface area contributed by atoms with E-state index in [1.54, 1.807) is 30.3 Å². The Bertz CT molecular complexity index is 761.